The molecule has 0 saturated carbocycles. The third-order valence-electron chi connectivity index (χ3n) is 1.42. The summed E-state index contributed by atoms with van der Waals surface area (Å²) in [7, 11) is 0. The molecule has 0 atom stereocenters. The van der Waals surface area contributed by atoms with E-state index in [9.17, 15) is 9.18 Å². The van der Waals surface area contributed by atoms with Crippen molar-refractivity contribution in [3.8, 4) is 11.8 Å². The Morgan fingerprint density at radius 3 is 3.14 bits per heavy atom. The van der Waals surface area contributed by atoms with Crippen molar-refractivity contribution in [1.29, 1.82) is 0 Å². The Bertz CT molecular complexity index is 393. The highest BCUT2D eigenvalue weighted by Gasteiger charge is 1.95. The lowest BCUT2D eigenvalue weighted by atomic mass is 10.2. The highest BCUT2D eigenvalue weighted by Crippen LogP contribution is 2.00. The van der Waals surface area contributed by atoms with E-state index in [1.54, 1.807) is 0 Å². The van der Waals surface area contributed by atoms with Gasteiger partial charge in [-0.1, -0.05) is 11.8 Å². The van der Waals surface area contributed by atoms with Crippen molar-refractivity contribution in [3.05, 3.63) is 29.8 Å². The van der Waals surface area contributed by atoms with Crippen molar-refractivity contribution >= 4 is 5.91 Å². The van der Waals surface area contributed by atoms with Crippen LogP contribution in [-0.2, 0) is 4.79 Å². The number of hydrogen-bond donors (Lipinski definition) is 1. The van der Waals surface area contributed by atoms with Crippen LogP contribution in [0.1, 0.15) is 12.5 Å². The molecular weight excluding hydrogens is 183 g/mol. The quantitative estimate of drug-likeness (QED) is 0.666. The van der Waals surface area contributed by atoms with Crippen LogP contribution < -0.4 is 5.32 Å². The number of pyridine rings is 1. The van der Waals surface area contributed by atoms with Crippen LogP contribution >= 0.6 is 0 Å². The van der Waals surface area contributed by atoms with Crippen LogP contribution in [0.3, 0.4) is 0 Å². The largest absolute Gasteiger partial charge is 0.345 e. The van der Waals surface area contributed by atoms with Gasteiger partial charge in [0.15, 0.2) is 5.82 Å². The van der Waals surface area contributed by atoms with E-state index in [2.05, 4.69) is 22.1 Å². The van der Waals surface area contributed by atoms with E-state index >= 15 is 0 Å². The summed E-state index contributed by atoms with van der Waals surface area (Å²) in [4.78, 5) is 14.0. The summed E-state index contributed by atoms with van der Waals surface area (Å²) >= 11 is 0. The lowest BCUT2D eigenvalue weighted by Crippen LogP contribution is -2.19. The van der Waals surface area contributed by atoms with Crippen molar-refractivity contribution in [1.82, 2.24) is 10.3 Å². The molecule has 0 radical (unpaired) electrons. The van der Waals surface area contributed by atoms with E-state index in [1.165, 1.54) is 19.2 Å². The maximum absolute atomic E-state index is 12.9. The first-order valence-corrected chi connectivity index (χ1v) is 4.03. The van der Waals surface area contributed by atoms with Gasteiger partial charge in [-0.2, -0.15) is 0 Å². The molecule has 0 aliphatic carbocycles. The Hall–Kier alpha value is -1.89. The maximum atomic E-state index is 12.9. The van der Waals surface area contributed by atoms with Gasteiger partial charge in [0.1, 0.15) is 0 Å². The fourth-order valence-corrected chi connectivity index (χ4v) is 0.785. The average Bonchev–Trinajstić information content (AvgIpc) is 2.15. The monoisotopic (exact) mass is 192 g/mol. The number of hydrogen-bond acceptors (Lipinski definition) is 2. The Morgan fingerprint density at radius 1 is 1.71 bits per heavy atom. The fraction of sp³-hybridized carbons (Fsp3) is 0.200. The molecule has 0 aliphatic rings. The first-order chi connectivity index (χ1) is 6.70. The third kappa shape index (κ3) is 3.23. The predicted molar refractivity (Wildman–Crippen MR) is 49.8 cm³/mol. The Labute approximate surface area is 81.4 Å². The second-order valence-corrected chi connectivity index (χ2v) is 2.57. The number of rotatable bonds is 1. The Balaban J connectivity index is 2.59. The van der Waals surface area contributed by atoms with Crippen molar-refractivity contribution in [2.24, 2.45) is 0 Å². The number of halogens is 1. The molecule has 1 heterocycles. The van der Waals surface area contributed by atoms with Crippen LogP contribution in [0.5, 0.6) is 0 Å². The van der Waals surface area contributed by atoms with Crippen molar-refractivity contribution in [3.63, 3.8) is 0 Å². The van der Waals surface area contributed by atoms with E-state index in [4.69, 9.17) is 0 Å². The lowest BCUT2D eigenvalue weighted by molar-refractivity contribution is -0.118. The molecule has 0 spiro atoms. The van der Waals surface area contributed by atoms with Crippen LogP contribution in [0.25, 0.3) is 0 Å². The van der Waals surface area contributed by atoms with E-state index in [0.29, 0.717) is 0 Å². The first-order valence-electron chi connectivity index (χ1n) is 4.03. The van der Waals surface area contributed by atoms with E-state index in [1.807, 2.05) is 0 Å². The molecule has 0 aromatic carbocycles. The molecule has 0 aliphatic heterocycles. The molecule has 3 nitrogen and oxygen atoms in total. The molecule has 1 aromatic rings. The normalized spacial score (nSPS) is 8.71. The van der Waals surface area contributed by atoms with Crippen molar-refractivity contribution < 1.29 is 9.18 Å². The predicted octanol–water partition coefficient (Wildman–Crippen LogP) is 0.708. The van der Waals surface area contributed by atoms with E-state index < -0.39 is 5.82 Å². The zero-order valence-electron chi connectivity index (χ0n) is 7.67. The molecule has 0 unspecified atom stereocenters. The van der Waals surface area contributed by atoms with Crippen molar-refractivity contribution in [2.75, 3.05) is 6.54 Å². The minimum Gasteiger partial charge on any atom is -0.345 e. The van der Waals surface area contributed by atoms with Gasteiger partial charge >= 0.3 is 0 Å². The van der Waals surface area contributed by atoms with Gasteiger partial charge in [0.25, 0.3) is 0 Å². The van der Waals surface area contributed by atoms with E-state index in [0.717, 1.165) is 6.20 Å². The minimum absolute atomic E-state index is 0.158. The van der Waals surface area contributed by atoms with Crippen LogP contribution in [0.4, 0.5) is 4.39 Å². The summed E-state index contributed by atoms with van der Waals surface area (Å²) in [6.07, 6.45) is 2.56. The molecule has 1 rings (SSSR count). The summed E-state index contributed by atoms with van der Waals surface area (Å²) in [5, 5.41) is 2.48. The zero-order valence-corrected chi connectivity index (χ0v) is 7.67. The molecule has 0 bridgehead atoms. The highest BCUT2D eigenvalue weighted by molar-refractivity contribution is 5.73. The topological polar surface area (TPSA) is 42.0 Å². The first kappa shape index (κ1) is 10.2. The molecule has 1 aromatic heterocycles. The van der Waals surface area contributed by atoms with Gasteiger partial charge in [-0.05, 0) is 6.07 Å². The van der Waals surface area contributed by atoms with Crippen LogP contribution in [0.2, 0.25) is 0 Å². The van der Waals surface area contributed by atoms with Crippen molar-refractivity contribution in [2.45, 2.75) is 6.92 Å². The summed E-state index contributed by atoms with van der Waals surface area (Å²) in [6, 6.07) is 1.48. The number of amides is 1. The SMILES string of the molecule is CC(=O)NCC#Cc1ccncc1F. The fourth-order valence-electron chi connectivity index (χ4n) is 0.785. The summed E-state index contributed by atoms with van der Waals surface area (Å²) in [5.41, 5.74) is 0.283. The lowest BCUT2D eigenvalue weighted by Gasteiger charge is -1.92. The van der Waals surface area contributed by atoms with Gasteiger partial charge in [0.2, 0.25) is 5.91 Å². The minimum atomic E-state index is -0.456. The molecule has 72 valence electrons. The smallest absolute Gasteiger partial charge is 0.217 e. The molecule has 4 heteroatoms. The molecule has 1 N–H and O–H groups in total. The molecular formula is C10H9FN2O. The summed E-state index contributed by atoms with van der Waals surface area (Å²) < 4.78 is 12.9. The Morgan fingerprint density at radius 2 is 2.50 bits per heavy atom. The van der Waals surface area contributed by atoms with E-state index in [-0.39, 0.29) is 18.0 Å². The van der Waals surface area contributed by atoms with Gasteiger partial charge in [0.05, 0.1) is 18.3 Å². The number of carbonyl (C=O) groups excluding carboxylic acids is 1. The Kier molecular flexibility index (Phi) is 3.62. The van der Waals surface area contributed by atoms with Crippen LogP contribution in [0.15, 0.2) is 18.5 Å². The van der Waals surface area contributed by atoms with Gasteiger partial charge < -0.3 is 5.32 Å². The second-order valence-electron chi connectivity index (χ2n) is 2.57. The number of nitrogens with zero attached hydrogens (tertiary/aromatic N) is 1. The molecule has 1 amide bonds. The van der Waals surface area contributed by atoms with Gasteiger partial charge in [-0.25, -0.2) is 4.39 Å². The van der Waals surface area contributed by atoms with Crippen LogP contribution in [-0.4, -0.2) is 17.4 Å². The zero-order chi connectivity index (χ0) is 10.4. The summed E-state index contributed by atoms with van der Waals surface area (Å²) in [6.45, 7) is 1.62. The number of nitrogens with one attached hydrogen (secondary N) is 1. The molecule has 0 saturated heterocycles. The number of aromatic nitrogens is 1. The second kappa shape index (κ2) is 4.97. The average molecular weight is 192 g/mol. The maximum Gasteiger partial charge on any atom is 0.217 e. The number of carbonyl (C=O) groups is 1. The molecule has 14 heavy (non-hydrogen) atoms. The van der Waals surface area contributed by atoms with Crippen LogP contribution in [0, 0.1) is 17.7 Å². The standard InChI is InChI=1S/C10H9FN2O/c1-8(14)13-5-2-3-9-4-6-12-7-10(9)11/h4,6-7H,5H2,1H3,(H,13,14). The van der Waals surface area contributed by atoms with Gasteiger partial charge in [-0.15, -0.1) is 0 Å². The highest BCUT2D eigenvalue weighted by atomic mass is 19.1. The molecule has 0 fully saturated rings. The van der Waals surface area contributed by atoms with Gasteiger partial charge in [-0.3, -0.25) is 9.78 Å². The summed E-state index contributed by atoms with van der Waals surface area (Å²) in [5.74, 6) is 4.60. The third-order valence-corrected chi connectivity index (χ3v) is 1.42. The van der Waals surface area contributed by atoms with Gasteiger partial charge in [0, 0.05) is 13.1 Å².